The zero-order chi connectivity index (χ0) is 11.8. The van der Waals surface area contributed by atoms with Crippen molar-refractivity contribution in [3.63, 3.8) is 0 Å². The van der Waals surface area contributed by atoms with Gasteiger partial charge in [-0.15, -0.1) is 0 Å². The summed E-state index contributed by atoms with van der Waals surface area (Å²) in [5, 5.41) is 10.3. The molecule has 1 aliphatic heterocycles. The molecule has 0 amide bonds. The Bertz CT molecular complexity index is 538. The number of halogens is 1. The number of nitrogens with zero attached hydrogens (tertiary/aromatic N) is 3. The molecule has 1 atom stereocenters. The number of aliphatic hydroxyl groups excluding tert-OH is 1. The van der Waals surface area contributed by atoms with Gasteiger partial charge in [0.15, 0.2) is 5.15 Å². The van der Waals surface area contributed by atoms with Crippen molar-refractivity contribution in [1.29, 1.82) is 0 Å². The Balaban J connectivity index is 2.17. The van der Waals surface area contributed by atoms with Crippen molar-refractivity contribution in [2.75, 3.05) is 0 Å². The molecule has 0 aliphatic carbocycles. The maximum absolute atomic E-state index is 9.94. The molecule has 5 heteroatoms. The lowest BCUT2D eigenvalue weighted by Gasteiger charge is -2.21. The minimum absolute atomic E-state index is 0.399. The predicted octanol–water partition coefficient (Wildman–Crippen LogP) is 2.43. The standard InChI is InChI=1S/C12H12ClN3O/c13-11-10-9(17)4-2-6-16(10)12(15-11)8-3-1-5-14-7-8/h1,3,5,7,9,17H,2,4,6H2. The zero-order valence-electron chi connectivity index (χ0n) is 9.17. The smallest absolute Gasteiger partial charge is 0.153 e. The molecule has 17 heavy (non-hydrogen) atoms. The van der Waals surface area contributed by atoms with Crippen LogP contribution in [0.3, 0.4) is 0 Å². The van der Waals surface area contributed by atoms with Crippen molar-refractivity contribution in [2.45, 2.75) is 25.5 Å². The van der Waals surface area contributed by atoms with Gasteiger partial charge in [-0.2, -0.15) is 0 Å². The summed E-state index contributed by atoms with van der Waals surface area (Å²) in [6.45, 7) is 0.844. The van der Waals surface area contributed by atoms with Crippen molar-refractivity contribution in [1.82, 2.24) is 14.5 Å². The normalized spacial score (nSPS) is 19.1. The number of aromatic nitrogens is 3. The fourth-order valence-corrected chi connectivity index (χ4v) is 2.58. The number of aliphatic hydroxyl groups is 1. The molecule has 1 N–H and O–H groups in total. The van der Waals surface area contributed by atoms with E-state index in [-0.39, 0.29) is 0 Å². The van der Waals surface area contributed by atoms with E-state index < -0.39 is 6.10 Å². The van der Waals surface area contributed by atoms with Crippen LogP contribution in [0.15, 0.2) is 24.5 Å². The molecule has 0 aromatic carbocycles. The third kappa shape index (κ3) is 1.73. The molecule has 3 rings (SSSR count). The van der Waals surface area contributed by atoms with E-state index >= 15 is 0 Å². The summed E-state index contributed by atoms with van der Waals surface area (Å²) in [6.07, 6.45) is 4.66. The van der Waals surface area contributed by atoms with Gasteiger partial charge in [0, 0.05) is 24.5 Å². The van der Waals surface area contributed by atoms with Gasteiger partial charge >= 0.3 is 0 Å². The summed E-state index contributed by atoms with van der Waals surface area (Å²) >= 11 is 6.10. The van der Waals surface area contributed by atoms with Gasteiger partial charge in [-0.1, -0.05) is 11.6 Å². The molecule has 2 aromatic rings. The van der Waals surface area contributed by atoms with Gasteiger partial charge in [-0.05, 0) is 25.0 Å². The highest BCUT2D eigenvalue weighted by atomic mass is 35.5. The summed E-state index contributed by atoms with van der Waals surface area (Å²) in [5.41, 5.74) is 1.66. The first kappa shape index (κ1) is 10.7. The van der Waals surface area contributed by atoms with Crippen LogP contribution < -0.4 is 0 Å². The van der Waals surface area contributed by atoms with Crippen LogP contribution in [0, 0.1) is 0 Å². The van der Waals surface area contributed by atoms with Crippen molar-refractivity contribution in [2.24, 2.45) is 0 Å². The van der Waals surface area contributed by atoms with Gasteiger partial charge in [0.05, 0.1) is 11.8 Å². The van der Waals surface area contributed by atoms with Crippen LogP contribution >= 0.6 is 11.6 Å². The lowest BCUT2D eigenvalue weighted by Crippen LogP contribution is -2.15. The molecule has 2 aromatic heterocycles. The molecular weight excluding hydrogens is 238 g/mol. The number of imidazole rings is 1. The van der Waals surface area contributed by atoms with E-state index in [1.807, 2.05) is 16.7 Å². The van der Waals surface area contributed by atoms with Gasteiger partial charge in [0.25, 0.3) is 0 Å². The van der Waals surface area contributed by atoms with E-state index in [1.54, 1.807) is 12.4 Å². The van der Waals surface area contributed by atoms with Crippen molar-refractivity contribution in [3.05, 3.63) is 35.4 Å². The monoisotopic (exact) mass is 249 g/mol. The van der Waals surface area contributed by atoms with E-state index in [4.69, 9.17) is 11.6 Å². The summed E-state index contributed by atoms with van der Waals surface area (Å²) in [7, 11) is 0. The summed E-state index contributed by atoms with van der Waals surface area (Å²) in [6, 6.07) is 3.81. The first-order valence-electron chi connectivity index (χ1n) is 5.62. The largest absolute Gasteiger partial charge is 0.387 e. The fourth-order valence-electron chi connectivity index (χ4n) is 2.27. The highest BCUT2D eigenvalue weighted by Crippen LogP contribution is 2.34. The van der Waals surface area contributed by atoms with E-state index in [0.29, 0.717) is 5.15 Å². The van der Waals surface area contributed by atoms with E-state index in [2.05, 4.69) is 9.97 Å². The van der Waals surface area contributed by atoms with Crippen LogP contribution in [0.1, 0.15) is 24.6 Å². The molecule has 0 radical (unpaired) electrons. The minimum Gasteiger partial charge on any atom is -0.387 e. The van der Waals surface area contributed by atoms with Crippen LogP contribution in [-0.4, -0.2) is 19.6 Å². The van der Waals surface area contributed by atoms with Crippen LogP contribution in [0.4, 0.5) is 0 Å². The topological polar surface area (TPSA) is 50.9 Å². The highest BCUT2D eigenvalue weighted by molar-refractivity contribution is 6.30. The summed E-state index contributed by atoms with van der Waals surface area (Å²) in [4.78, 5) is 8.42. The van der Waals surface area contributed by atoms with Crippen molar-refractivity contribution < 1.29 is 5.11 Å². The lowest BCUT2D eigenvalue weighted by atomic mass is 10.1. The zero-order valence-corrected chi connectivity index (χ0v) is 9.93. The van der Waals surface area contributed by atoms with Crippen LogP contribution in [-0.2, 0) is 6.54 Å². The predicted molar refractivity (Wildman–Crippen MR) is 64.7 cm³/mol. The molecule has 0 bridgehead atoms. The average Bonchev–Trinajstić information content (AvgIpc) is 2.69. The van der Waals surface area contributed by atoms with Crippen LogP contribution in [0.25, 0.3) is 11.4 Å². The molecule has 0 spiro atoms. The number of hydrogen-bond acceptors (Lipinski definition) is 3. The van der Waals surface area contributed by atoms with Crippen molar-refractivity contribution >= 4 is 11.6 Å². The Hall–Kier alpha value is -1.39. The number of fused-ring (bicyclic) bond motifs is 1. The highest BCUT2D eigenvalue weighted by Gasteiger charge is 2.26. The number of pyridine rings is 1. The fraction of sp³-hybridized carbons (Fsp3) is 0.333. The van der Waals surface area contributed by atoms with Crippen molar-refractivity contribution in [3.8, 4) is 11.4 Å². The molecule has 4 nitrogen and oxygen atoms in total. The molecule has 0 fully saturated rings. The Morgan fingerprint density at radius 2 is 2.35 bits per heavy atom. The molecule has 1 aliphatic rings. The first-order chi connectivity index (χ1) is 8.27. The summed E-state index contributed by atoms with van der Waals surface area (Å²) in [5.74, 6) is 0.789. The van der Waals surface area contributed by atoms with Gasteiger partial charge in [0.2, 0.25) is 0 Å². The number of rotatable bonds is 1. The van der Waals surface area contributed by atoms with Gasteiger partial charge < -0.3 is 9.67 Å². The quantitative estimate of drug-likeness (QED) is 0.845. The second kappa shape index (κ2) is 4.13. The maximum atomic E-state index is 9.94. The van der Waals surface area contributed by atoms with E-state index in [1.165, 1.54) is 0 Å². The van der Waals surface area contributed by atoms with Gasteiger partial charge in [-0.3, -0.25) is 4.98 Å². The third-order valence-electron chi connectivity index (χ3n) is 3.06. The molecule has 3 heterocycles. The molecule has 1 unspecified atom stereocenters. The van der Waals surface area contributed by atoms with Crippen LogP contribution in [0.5, 0.6) is 0 Å². The first-order valence-corrected chi connectivity index (χ1v) is 5.99. The molecule has 0 saturated heterocycles. The molecule has 0 saturated carbocycles. The van der Waals surface area contributed by atoms with Gasteiger partial charge in [-0.25, -0.2) is 4.98 Å². The Morgan fingerprint density at radius 3 is 3.12 bits per heavy atom. The lowest BCUT2D eigenvalue weighted by molar-refractivity contribution is 0.139. The Labute approximate surface area is 104 Å². The Morgan fingerprint density at radius 1 is 1.47 bits per heavy atom. The Kier molecular flexibility index (Phi) is 2.61. The second-order valence-corrected chi connectivity index (χ2v) is 4.52. The molecule has 88 valence electrons. The average molecular weight is 250 g/mol. The van der Waals surface area contributed by atoms with Crippen LogP contribution in [0.2, 0.25) is 5.15 Å². The third-order valence-corrected chi connectivity index (χ3v) is 3.33. The second-order valence-electron chi connectivity index (χ2n) is 4.16. The molecular formula is C12H12ClN3O. The maximum Gasteiger partial charge on any atom is 0.153 e. The van der Waals surface area contributed by atoms with Gasteiger partial charge in [0.1, 0.15) is 5.82 Å². The SMILES string of the molecule is OC1CCCn2c(-c3cccnc3)nc(Cl)c21. The number of hydrogen-bond donors (Lipinski definition) is 1. The minimum atomic E-state index is -0.505. The summed E-state index contributed by atoms with van der Waals surface area (Å²) < 4.78 is 1.99. The van der Waals surface area contributed by atoms with E-state index in [9.17, 15) is 5.11 Å². The van der Waals surface area contributed by atoms with E-state index in [0.717, 1.165) is 36.5 Å².